The number of anilines is 3. The SMILES string of the molecule is Cc1cc2c(c(C)c1C)-c1c(cc(C)c(C)c1C)[C@]1(C)OC(c3[c-]c(Oc4[c-]c5c(cc4)C(C)(C)c4ccccc4N5c4cc(C(C)(C)C)ccn4)cc(C(C)C)c3)=N[C@H]21.[Pt+2]. The summed E-state index contributed by atoms with van der Waals surface area (Å²) in [7, 11) is 0. The summed E-state index contributed by atoms with van der Waals surface area (Å²) in [4.78, 5) is 12.7. The summed E-state index contributed by atoms with van der Waals surface area (Å²) < 4.78 is 14.0. The smallest absolute Gasteiger partial charge is 0.508 e. The van der Waals surface area contributed by atoms with Crippen molar-refractivity contribution < 1.29 is 30.5 Å². The molecule has 6 aromatic rings. The summed E-state index contributed by atoms with van der Waals surface area (Å²) in [6, 6.07) is 33.3. The largest absolute Gasteiger partial charge is 2.00 e. The van der Waals surface area contributed by atoms with Gasteiger partial charge in [0, 0.05) is 28.9 Å². The van der Waals surface area contributed by atoms with Gasteiger partial charge in [0.15, 0.2) is 0 Å². The number of hydrogen-bond donors (Lipinski definition) is 0. The Morgan fingerprint density at radius 1 is 0.738 bits per heavy atom. The number of ether oxygens (including phenoxy) is 2. The zero-order valence-corrected chi connectivity index (χ0v) is 40.4. The van der Waals surface area contributed by atoms with Crippen molar-refractivity contribution in [3.05, 3.63) is 163 Å². The van der Waals surface area contributed by atoms with Crippen molar-refractivity contribution in [3.63, 3.8) is 0 Å². The normalized spacial score (nSPS) is 18.2. The summed E-state index contributed by atoms with van der Waals surface area (Å²) in [5.74, 6) is 2.86. The van der Waals surface area contributed by atoms with Crippen LogP contribution in [0.2, 0.25) is 0 Å². The first-order chi connectivity index (χ1) is 28.3. The van der Waals surface area contributed by atoms with E-state index in [-0.39, 0.29) is 43.9 Å². The molecule has 0 saturated carbocycles. The third-order valence-corrected chi connectivity index (χ3v) is 13.9. The first-order valence-corrected chi connectivity index (χ1v) is 21.5. The maximum atomic E-state index is 7.19. The predicted molar refractivity (Wildman–Crippen MR) is 246 cm³/mol. The van der Waals surface area contributed by atoms with Crippen molar-refractivity contribution in [2.24, 2.45) is 4.99 Å². The molecular formula is C55H57N3O2Pt. The van der Waals surface area contributed by atoms with Crippen molar-refractivity contribution >= 4 is 23.1 Å². The van der Waals surface area contributed by atoms with Crippen LogP contribution in [0.4, 0.5) is 17.2 Å². The van der Waals surface area contributed by atoms with Crippen LogP contribution in [0.15, 0.2) is 84.0 Å². The van der Waals surface area contributed by atoms with E-state index in [1.165, 1.54) is 66.8 Å². The minimum atomic E-state index is -0.700. The van der Waals surface area contributed by atoms with Gasteiger partial charge in [-0.25, -0.2) is 4.98 Å². The van der Waals surface area contributed by atoms with E-state index in [1.54, 1.807) is 0 Å². The molecule has 0 spiro atoms. The number of fused-ring (bicyclic) bond motifs is 8. The topological polar surface area (TPSA) is 47.0 Å². The molecule has 0 unspecified atom stereocenters. The number of pyridine rings is 1. The van der Waals surface area contributed by atoms with E-state index < -0.39 is 5.60 Å². The number of aromatic nitrogens is 1. The Kier molecular flexibility index (Phi) is 10.4. The van der Waals surface area contributed by atoms with Gasteiger partial charge in [-0.1, -0.05) is 102 Å². The molecule has 9 rings (SSSR count). The molecule has 1 aromatic heterocycles. The van der Waals surface area contributed by atoms with Crippen LogP contribution in [-0.4, -0.2) is 10.9 Å². The molecule has 5 aromatic carbocycles. The molecule has 0 N–H and O–H groups in total. The Morgan fingerprint density at radius 3 is 2.13 bits per heavy atom. The summed E-state index contributed by atoms with van der Waals surface area (Å²) in [6.45, 7) is 31.3. The van der Waals surface area contributed by atoms with Gasteiger partial charge < -0.3 is 14.4 Å². The van der Waals surface area contributed by atoms with Crippen LogP contribution >= 0.6 is 0 Å². The second-order valence-electron chi connectivity index (χ2n) is 19.5. The number of benzene rings is 5. The third-order valence-electron chi connectivity index (χ3n) is 13.9. The van der Waals surface area contributed by atoms with Crippen LogP contribution in [0.25, 0.3) is 11.1 Å². The van der Waals surface area contributed by atoms with Gasteiger partial charge in [0.05, 0.1) is 0 Å². The van der Waals surface area contributed by atoms with E-state index in [2.05, 4.69) is 181 Å². The third kappa shape index (κ3) is 6.69. The molecule has 1 aliphatic carbocycles. The van der Waals surface area contributed by atoms with E-state index in [4.69, 9.17) is 19.5 Å². The fraction of sp³-hybridized carbons (Fsp3) is 0.345. The first-order valence-electron chi connectivity index (χ1n) is 21.5. The van der Waals surface area contributed by atoms with E-state index in [0.29, 0.717) is 17.4 Å². The van der Waals surface area contributed by atoms with Crippen LogP contribution in [0.3, 0.4) is 0 Å². The zero-order valence-electron chi connectivity index (χ0n) is 38.1. The van der Waals surface area contributed by atoms with Gasteiger partial charge in [-0.3, -0.25) is 4.99 Å². The molecule has 2 aliphatic heterocycles. The van der Waals surface area contributed by atoms with E-state index in [1.807, 2.05) is 12.3 Å². The van der Waals surface area contributed by atoms with Crippen LogP contribution in [0.5, 0.6) is 11.5 Å². The Labute approximate surface area is 377 Å². The van der Waals surface area contributed by atoms with Crippen molar-refractivity contribution in [2.75, 3.05) is 4.90 Å². The van der Waals surface area contributed by atoms with Crippen molar-refractivity contribution in [2.45, 2.75) is 125 Å². The van der Waals surface area contributed by atoms with Crippen LogP contribution in [0.1, 0.15) is 140 Å². The van der Waals surface area contributed by atoms with Crippen LogP contribution in [-0.2, 0) is 42.2 Å². The monoisotopic (exact) mass is 986 g/mol. The zero-order chi connectivity index (χ0) is 42.8. The number of hydrogen-bond acceptors (Lipinski definition) is 5. The Bertz CT molecular complexity index is 2810. The molecule has 2 atom stereocenters. The second-order valence-corrected chi connectivity index (χ2v) is 19.5. The van der Waals surface area contributed by atoms with Gasteiger partial charge in [0.25, 0.3) is 0 Å². The number of nitrogens with zero attached hydrogens (tertiary/aromatic N) is 3. The predicted octanol–water partition coefficient (Wildman–Crippen LogP) is 14.3. The fourth-order valence-electron chi connectivity index (χ4n) is 9.77. The second kappa shape index (κ2) is 14.8. The Hall–Kier alpha value is -4.99. The van der Waals surface area contributed by atoms with Crippen LogP contribution < -0.4 is 9.64 Å². The quantitative estimate of drug-likeness (QED) is 0.162. The molecule has 0 bridgehead atoms. The summed E-state index contributed by atoms with van der Waals surface area (Å²) in [5.41, 5.74) is 19.3. The molecule has 3 aliphatic rings. The molecule has 61 heavy (non-hydrogen) atoms. The minimum absolute atomic E-state index is 0. The number of para-hydroxylation sites is 1. The minimum Gasteiger partial charge on any atom is -0.508 e. The molecule has 0 radical (unpaired) electrons. The fourth-order valence-corrected chi connectivity index (χ4v) is 9.77. The number of aryl methyl sites for hydroxylation is 2. The van der Waals surface area contributed by atoms with Gasteiger partial charge in [-0.15, -0.1) is 29.3 Å². The number of rotatable bonds is 5. The van der Waals surface area contributed by atoms with E-state index >= 15 is 0 Å². The molecule has 5 nitrogen and oxygen atoms in total. The summed E-state index contributed by atoms with van der Waals surface area (Å²) in [6.07, 6.45) is 1.92. The maximum Gasteiger partial charge on any atom is 2.00 e. The van der Waals surface area contributed by atoms with Crippen molar-refractivity contribution in [1.82, 2.24) is 4.98 Å². The Morgan fingerprint density at radius 2 is 1.43 bits per heavy atom. The molecule has 0 fully saturated rings. The molecule has 3 heterocycles. The van der Waals surface area contributed by atoms with Gasteiger partial charge >= 0.3 is 21.1 Å². The van der Waals surface area contributed by atoms with Crippen molar-refractivity contribution in [3.8, 4) is 22.6 Å². The van der Waals surface area contributed by atoms with Gasteiger partial charge in [-0.05, 0) is 145 Å². The summed E-state index contributed by atoms with van der Waals surface area (Å²) in [5, 5.41) is 0. The molecule has 0 saturated heterocycles. The molecule has 6 heteroatoms. The maximum absolute atomic E-state index is 7.19. The van der Waals surface area contributed by atoms with Crippen molar-refractivity contribution in [1.29, 1.82) is 0 Å². The molecule has 314 valence electrons. The average molecular weight is 987 g/mol. The Balaban J connectivity index is 0.00000514. The molecule has 0 amide bonds. The van der Waals surface area contributed by atoms with Gasteiger partial charge in [0.2, 0.25) is 0 Å². The van der Waals surface area contributed by atoms with Gasteiger partial charge in [-0.2, -0.15) is 6.07 Å². The molecular weight excluding hydrogens is 930 g/mol. The first kappa shape index (κ1) is 42.7. The van der Waals surface area contributed by atoms with Gasteiger partial charge in [0.1, 0.15) is 23.4 Å². The van der Waals surface area contributed by atoms with Crippen LogP contribution in [0, 0.1) is 53.7 Å². The standard InChI is InChI=1S/C55H57N3O2.Pt/c1-30(2)37-25-38(52-57-51-42-23-31(3)33(5)35(7)49(42)50-36(8)34(6)32(4)24-45(50)55(51,14)60-52)27-41(26-37)59-40-19-20-44-47(29-40)58(46-18-16-15-17-43(46)54(44,12)13)48-28-39(21-22-56-48)53(9,10)11;/h15-26,28,30,51H,1-14H3;/q-2;+2/t51-,55+;/m1./s1. The average Bonchev–Trinajstić information content (AvgIpc) is 3.58. The summed E-state index contributed by atoms with van der Waals surface area (Å²) >= 11 is 0. The number of aliphatic imine (C=N–C) groups is 1. The van der Waals surface area contributed by atoms with E-state index in [0.717, 1.165) is 33.9 Å². The van der Waals surface area contributed by atoms with E-state index in [9.17, 15) is 0 Å².